The predicted molar refractivity (Wildman–Crippen MR) is 99.6 cm³/mol. The van der Waals surface area contributed by atoms with Crippen LogP contribution in [-0.2, 0) is 12.8 Å². The SMILES string of the molecule is CC(C)(C)N1CCCN(C(=O)Nc2cccc3c2CCCC3)CC1. The van der Waals surface area contributed by atoms with Gasteiger partial charge in [0.1, 0.15) is 0 Å². The molecule has 1 fully saturated rings. The van der Waals surface area contributed by atoms with Gasteiger partial charge in [-0.25, -0.2) is 4.79 Å². The van der Waals surface area contributed by atoms with Gasteiger partial charge >= 0.3 is 6.03 Å². The first-order valence-electron chi connectivity index (χ1n) is 9.37. The summed E-state index contributed by atoms with van der Waals surface area (Å²) in [5.74, 6) is 0. The third-order valence-corrected chi connectivity index (χ3v) is 5.37. The molecule has 1 aromatic rings. The maximum absolute atomic E-state index is 12.8. The van der Waals surface area contributed by atoms with Crippen LogP contribution in [0.25, 0.3) is 0 Å². The summed E-state index contributed by atoms with van der Waals surface area (Å²) < 4.78 is 0. The molecule has 1 heterocycles. The largest absolute Gasteiger partial charge is 0.323 e. The van der Waals surface area contributed by atoms with E-state index < -0.39 is 0 Å². The van der Waals surface area contributed by atoms with Gasteiger partial charge in [-0.3, -0.25) is 4.90 Å². The minimum absolute atomic E-state index is 0.0599. The van der Waals surface area contributed by atoms with Gasteiger partial charge in [-0.15, -0.1) is 0 Å². The highest BCUT2D eigenvalue weighted by molar-refractivity contribution is 5.90. The lowest BCUT2D eigenvalue weighted by Gasteiger charge is -2.34. The third kappa shape index (κ3) is 3.92. The van der Waals surface area contributed by atoms with E-state index in [2.05, 4.69) is 49.2 Å². The van der Waals surface area contributed by atoms with Crippen molar-refractivity contribution >= 4 is 11.7 Å². The molecule has 1 aromatic carbocycles. The lowest BCUT2D eigenvalue weighted by molar-refractivity contribution is 0.142. The average molecular weight is 329 g/mol. The quantitative estimate of drug-likeness (QED) is 0.848. The highest BCUT2D eigenvalue weighted by Crippen LogP contribution is 2.28. The first-order chi connectivity index (χ1) is 11.4. The van der Waals surface area contributed by atoms with Crippen LogP contribution in [0.4, 0.5) is 10.5 Å². The molecule has 0 aromatic heterocycles. The molecule has 0 saturated carbocycles. The number of fused-ring (bicyclic) bond motifs is 1. The molecule has 1 aliphatic heterocycles. The maximum Gasteiger partial charge on any atom is 0.321 e. The Bertz CT molecular complexity index is 591. The number of hydrogen-bond donors (Lipinski definition) is 1. The van der Waals surface area contributed by atoms with Gasteiger partial charge in [-0.1, -0.05) is 12.1 Å². The second-order valence-electron chi connectivity index (χ2n) is 8.08. The van der Waals surface area contributed by atoms with Crippen LogP contribution < -0.4 is 5.32 Å². The monoisotopic (exact) mass is 329 g/mol. The number of urea groups is 1. The molecular weight excluding hydrogens is 298 g/mol. The summed E-state index contributed by atoms with van der Waals surface area (Å²) in [6.45, 7) is 10.4. The van der Waals surface area contributed by atoms with Crippen molar-refractivity contribution in [3.05, 3.63) is 29.3 Å². The Hall–Kier alpha value is -1.55. The van der Waals surface area contributed by atoms with E-state index in [4.69, 9.17) is 0 Å². The number of benzene rings is 1. The van der Waals surface area contributed by atoms with Gasteiger partial charge in [0, 0.05) is 37.4 Å². The predicted octanol–water partition coefficient (Wildman–Crippen LogP) is 3.90. The number of hydrogen-bond acceptors (Lipinski definition) is 2. The Balaban J connectivity index is 1.65. The van der Waals surface area contributed by atoms with Gasteiger partial charge in [0.2, 0.25) is 0 Å². The van der Waals surface area contributed by atoms with E-state index in [1.807, 2.05) is 4.90 Å². The van der Waals surface area contributed by atoms with Gasteiger partial charge in [-0.2, -0.15) is 0 Å². The summed E-state index contributed by atoms with van der Waals surface area (Å²) in [4.78, 5) is 17.2. The average Bonchev–Trinajstić information content (AvgIpc) is 2.81. The fourth-order valence-electron chi connectivity index (χ4n) is 3.88. The smallest absolute Gasteiger partial charge is 0.321 e. The minimum atomic E-state index is 0.0599. The molecule has 1 aliphatic carbocycles. The highest BCUT2D eigenvalue weighted by Gasteiger charge is 2.26. The molecule has 0 unspecified atom stereocenters. The van der Waals surface area contributed by atoms with Crippen LogP contribution in [0.5, 0.6) is 0 Å². The van der Waals surface area contributed by atoms with Crippen molar-refractivity contribution in [1.82, 2.24) is 9.80 Å². The van der Waals surface area contributed by atoms with Crippen molar-refractivity contribution in [2.24, 2.45) is 0 Å². The first-order valence-corrected chi connectivity index (χ1v) is 9.37. The standard InChI is InChI=1S/C20H31N3O/c1-20(2,3)23-13-7-12-22(14-15-23)19(24)21-18-11-6-9-16-8-4-5-10-17(16)18/h6,9,11H,4-5,7-8,10,12-15H2,1-3H3,(H,21,24). The Labute approximate surface area is 146 Å². The van der Waals surface area contributed by atoms with Crippen LogP contribution in [0.2, 0.25) is 0 Å². The molecule has 0 bridgehead atoms. The summed E-state index contributed by atoms with van der Waals surface area (Å²) in [6, 6.07) is 6.40. The topological polar surface area (TPSA) is 35.6 Å². The summed E-state index contributed by atoms with van der Waals surface area (Å²) in [6.07, 6.45) is 5.76. The van der Waals surface area contributed by atoms with E-state index >= 15 is 0 Å². The van der Waals surface area contributed by atoms with E-state index in [1.54, 1.807) is 0 Å². The van der Waals surface area contributed by atoms with Crippen LogP contribution in [0, 0.1) is 0 Å². The van der Waals surface area contributed by atoms with Gasteiger partial charge < -0.3 is 10.2 Å². The molecular formula is C20H31N3O. The van der Waals surface area contributed by atoms with Gasteiger partial charge in [0.05, 0.1) is 0 Å². The normalized spacial score (nSPS) is 19.5. The zero-order valence-corrected chi connectivity index (χ0v) is 15.4. The molecule has 2 amide bonds. The van der Waals surface area contributed by atoms with Crippen molar-refractivity contribution in [3.63, 3.8) is 0 Å². The van der Waals surface area contributed by atoms with Crippen LogP contribution in [0.1, 0.15) is 51.2 Å². The fourth-order valence-corrected chi connectivity index (χ4v) is 3.88. The number of nitrogens with one attached hydrogen (secondary N) is 1. The van der Waals surface area contributed by atoms with E-state index in [-0.39, 0.29) is 11.6 Å². The van der Waals surface area contributed by atoms with Crippen LogP contribution in [-0.4, -0.2) is 47.5 Å². The van der Waals surface area contributed by atoms with E-state index in [1.165, 1.54) is 24.0 Å². The molecule has 0 radical (unpaired) electrons. The summed E-state index contributed by atoms with van der Waals surface area (Å²) in [7, 11) is 0. The highest BCUT2D eigenvalue weighted by atomic mass is 16.2. The molecule has 24 heavy (non-hydrogen) atoms. The molecule has 132 valence electrons. The molecule has 4 heteroatoms. The summed E-state index contributed by atoms with van der Waals surface area (Å²) in [5, 5.41) is 3.19. The van der Waals surface area contributed by atoms with Crippen LogP contribution >= 0.6 is 0 Å². The van der Waals surface area contributed by atoms with Gasteiger partial charge in [-0.05, 0) is 70.1 Å². The molecule has 0 atom stereocenters. The Morgan fingerprint density at radius 2 is 1.79 bits per heavy atom. The molecule has 1 saturated heterocycles. The number of rotatable bonds is 1. The second-order valence-corrected chi connectivity index (χ2v) is 8.08. The van der Waals surface area contributed by atoms with Crippen LogP contribution in [0.3, 0.4) is 0 Å². The van der Waals surface area contributed by atoms with Gasteiger partial charge in [0.15, 0.2) is 0 Å². The fraction of sp³-hybridized carbons (Fsp3) is 0.650. The van der Waals surface area contributed by atoms with Crippen molar-refractivity contribution in [3.8, 4) is 0 Å². The van der Waals surface area contributed by atoms with Crippen molar-refractivity contribution in [2.45, 2.75) is 58.4 Å². The van der Waals surface area contributed by atoms with Gasteiger partial charge in [0.25, 0.3) is 0 Å². The Morgan fingerprint density at radius 3 is 2.58 bits per heavy atom. The number of carbonyl (C=O) groups excluding carboxylic acids is 1. The van der Waals surface area contributed by atoms with E-state index in [0.29, 0.717) is 0 Å². The zero-order valence-electron chi connectivity index (χ0n) is 15.4. The van der Waals surface area contributed by atoms with Crippen molar-refractivity contribution < 1.29 is 4.79 Å². The number of amides is 2. The second kappa shape index (κ2) is 7.14. The molecule has 2 aliphatic rings. The Kier molecular flexibility index (Phi) is 5.14. The van der Waals surface area contributed by atoms with Crippen molar-refractivity contribution in [2.75, 3.05) is 31.5 Å². The molecule has 4 nitrogen and oxygen atoms in total. The molecule has 0 spiro atoms. The van der Waals surface area contributed by atoms with E-state index in [0.717, 1.165) is 51.1 Å². The Morgan fingerprint density at radius 1 is 1.00 bits per heavy atom. The lowest BCUT2D eigenvalue weighted by Crippen LogP contribution is -2.44. The maximum atomic E-state index is 12.8. The first kappa shape index (κ1) is 17.3. The third-order valence-electron chi connectivity index (χ3n) is 5.37. The zero-order chi connectivity index (χ0) is 17.2. The summed E-state index contributed by atoms with van der Waals surface area (Å²) in [5.41, 5.74) is 3.96. The molecule has 1 N–H and O–H groups in total. The number of carbonyl (C=O) groups is 1. The van der Waals surface area contributed by atoms with Crippen molar-refractivity contribution in [1.29, 1.82) is 0 Å². The number of aryl methyl sites for hydroxylation is 1. The number of nitrogens with zero attached hydrogens (tertiary/aromatic N) is 2. The van der Waals surface area contributed by atoms with E-state index in [9.17, 15) is 4.79 Å². The summed E-state index contributed by atoms with van der Waals surface area (Å²) >= 11 is 0. The number of anilines is 1. The minimum Gasteiger partial charge on any atom is -0.323 e. The molecule has 3 rings (SSSR count). The lowest BCUT2D eigenvalue weighted by atomic mass is 9.90. The van der Waals surface area contributed by atoms with Crippen LogP contribution in [0.15, 0.2) is 18.2 Å².